The topological polar surface area (TPSA) is 160 Å². The summed E-state index contributed by atoms with van der Waals surface area (Å²) in [5, 5.41) is 14.9. The first-order valence-electron chi connectivity index (χ1n) is 21.2. The summed E-state index contributed by atoms with van der Waals surface area (Å²) in [7, 11) is 0. The standard InChI is InChI=1S/C45H60ClNO11S/c1-31-26-36-35-14-13-32-27-33(48)15-16-42(32,2)44(35,46)38(49)28-43(36,3)45(31,58-41(52)37-12-9-18-56-37)39(50)30-59-25-24-55-23-22-54-21-20-53-19-17-47-40(51)29-57-34-10-7-5-4-6-8-11-34/h9,12,15-16,18,27,31,34-36,38,49H,4-7,10,13-14,17,19-26,28-30H2,1-3H3,(H,47,51)/t31-,34?,35+,36+,38+,42+,43+,44+,45+/m1/s1. The molecule has 1 heterocycles. The number of fused-ring (bicyclic) bond motifs is 5. The number of hydrogen-bond acceptors (Lipinski definition) is 12. The summed E-state index contributed by atoms with van der Waals surface area (Å²) < 4.78 is 34.4. The van der Waals surface area contributed by atoms with E-state index >= 15 is 0 Å². The first-order valence-corrected chi connectivity index (χ1v) is 22.7. The van der Waals surface area contributed by atoms with Crippen LogP contribution in [-0.4, -0.2) is 116 Å². The first kappa shape index (κ1) is 45.6. The number of halogens is 1. The number of Topliss-reactive ketones (excluding diaryl/α,β-unsaturated/α-hetero) is 1. The predicted octanol–water partition coefficient (Wildman–Crippen LogP) is 5.88. The van der Waals surface area contributed by atoms with E-state index in [9.17, 15) is 24.3 Å². The number of ether oxygens (including phenoxy) is 5. The van der Waals surface area contributed by atoms with Gasteiger partial charge in [0.25, 0.3) is 0 Å². The minimum absolute atomic E-state index is 0.00690. The van der Waals surface area contributed by atoms with Gasteiger partial charge in [-0.1, -0.05) is 44.8 Å². The zero-order valence-electron chi connectivity index (χ0n) is 34.6. The quantitative estimate of drug-likeness (QED) is 0.0695. The zero-order valence-corrected chi connectivity index (χ0v) is 36.2. The molecule has 3 fully saturated rings. The predicted molar refractivity (Wildman–Crippen MR) is 223 cm³/mol. The molecule has 5 aliphatic rings. The number of alkyl halides is 1. The number of esters is 1. The molecule has 0 aromatic carbocycles. The highest BCUT2D eigenvalue weighted by Crippen LogP contribution is 2.72. The van der Waals surface area contributed by atoms with Crippen molar-refractivity contribution in [2.45, 2.75) is 101 Å². The Bertz CT molecular complexity index is 1770. The van der Waals surface area contributed by atoms with E-state index in [1.54, 1.807) is 12.1 Å². The van der Waals surface area contributed by atoms with Crippen molar-refractivity contribution < 1.29 is 52.4 Å². The number of rotatable bonds is 20. The Morgan fingerprint density at radius 3 is 2.56 bits per heavy atom. The van der Waals surface area contributed by atoms with Gasteiger partial charge >= 0.3 is 5.97 Å². The molecule has 12 nitrogen and oxygen atoms in total. The number of hydrogen-bond donors (Lipinski definition) is 2. The van der Waals surface area contributed by atoms with Gasteiger partial charge in [-0.15, -0.1) is 17.5 Å². The molecule has 1 amide bonds. The molecular formula is C45H60ClNO11S. The molecule has 6 rings (SSSR count). The monoisotopic (exact) mass is 857 g/mol. The van der Waals surface area contributed by atoms with Crippen molar-refractivity contribution in [1.29, 1.82) is 0 Å². The van der Waals surface area contributed by atoms with Crippen LogP contribution in [0.25, 0.3) is 0 Å². The molecule has 1 aromatic rings. The lowest BCUT2D eigenvalue weighted by Gasteiger charge is -2.64. The molecule has 5 aliphatic carbocycles. The summed E-state index contributed by atoms with van der Waals surface area (Å²) in [6.07, 6.45) is 12.3. The van der Waals surface area contributed by atoms with Crippen LogP contribution in [0.1, 0.15) is 89.1 Å². The molecule has 14 heteroatoms. The van der Waals surface area contributed by atoms with Crippen molar-refractivity contribution in [1.82, 2.24) is 5.32 Å². The largest absolute Gasteiger partial charge is 0.457 e. The molecule has 1 unspecified atom stereocenters. The highest BCUT2D eigenvalue weighted by atomic mass is 35.5. The van der Waals surface area contributed by atoms with Gasteiger partial charge in [0.05, 0.1) is 62.6 Å². The number of furan rings is 1. The van der Waals surface area contributed by atoms with E-state index in [1.165, 1.54) is 30.2 Å². The van der Waals surface area contributed by atoms with E-state index in [0.29, 0.717) is 71.2 Å². The van der Waals surface area contributed by atoms with Gasteiger partial charge < -0.3 is 38.5 Å². The zero-order chi connectivity index (χ0) is 42.1. The molecular weight excluding hydrogens is 798 g/mol. The maximum atomic E-state index is 14.7. The van der Waals surface area contributed by atoms with E-state index in [1.807, 2.05) is 26.8 Å². The summed E-state index contributed by atoms with van der Waals surface area (Å²) in [5.41, 5.74) is -2.29. The van der Waals surface area contributed by atoms with Crippen molar-refractivity contribution in [3.63, 3.8) is 0 Å². The lowest BCUT2D eigenvalue weighted by Crippen LogP contribution is -2.69. The second kappa shape index (κ2) is 20.3. The van der Waals surface area contributed by atoms with E-state index < -0.39 is 33.4 Å². The number of thioether (sulfide) groups is 1. The second-order valence-corrected chi connectivity index (χ2v) is 18.6. The molecule has 0 saturated heterocycles. The molecule has 9 atom stereocenters. The number of ketones is 2. The fourth-order valence-corrected chi connectivity index (χ4v) is 11.8. The molecule has 0 spiro atoms. The van der Waals surface area contributed by atoms with Gasteiger partial charge in [-0.05, 0) is 81.1 Å². The third kappa shape index (κ3) is 9.59. The summed E-state index contributed by atoms with van der Waals surface area (Å²) >= 11 is 9.07. The van der Waals surface area contributed by atoms with Crippen LogP contribution in [0.5, 0.6) is 0 Å². The Balaban J connectivity index is 0.936. The fraction of sp³-hybridized carbons (Fsp3) is 0.689. The molecule has 0 aliphatic heterocycles. The Morgan fingerprint density at radius 1 is 1.03 bits per heavy atom. The van der Waals surface area contributed by atoms with Crippen molar-refractivity contribution in [3.8, 4) is 11.8 Å². The van der Waals surface area contributed by atoms with Gasteiger partial charge in [0, 0.05) is 35.5 Å². The SMILES string of the molecule is C[C@@H]1C[C@H]2[C@@H]3CCC4=CC(=O)C=C[C@]4(C)[C@@]3(Cl)[C@@H](O)C[C@]2(C)[C@@]1(OC(=O)c1ccco1)C(=O)CSCCOCCOCCOCCNC(=O)COC1C#CCCCCC1. The van der Waals surface area contributed by atoms with E-state index in [-0.39, 0.29) is 65.9 Å². The van der Waals surface area contributed by atoms with Crippen molar-refractivity contribution >= 4 is 46.8 Å². The Morgan fingerprint density at radius 2 is 1.80 bits per heavy atom. The number of aliphatic hydroxyl groups excluding tert-OH is 1. The normalized spacial score (nSPS) is 33.6. The average Bonchev–Trinajstić information content (AvgIpc) is 3.81. The Kier molecular flexibility index (Phi) is 15.7. The minimum Gasteiger partial charge on any atom is -0.457 e. The molecule has 1 aromatic heterocycles. The summed E-state index contributed by atoms with van der Waals surface area (Å²) in [5.74, 6) is 4.92. The van der Waals surface area contributed by atoms with Gasteiger partial charge in [-0.25, -0.2) is 4.79 Å². The van der Waals surface area contributed by atoms with Crippen molar-refractivity contribution in [2.75, 3.05) is 64.3 Å². The van der Waals surface area contributed by atoms with Gasteiger partial charge in [0.15, 0.2) is 17.2 Å². The van der Waals surface area contributed by atoms with Crippen LogP contribution in [0.15, 0.2) is 46.6 Å². The fourth-order valence-electron chi connectivity index (χ4n) is 10.5. The number of nitrogens with one attached hydrogen (secondary N) is 1. The highest BCUT2D eigenvalue weighted by molar-refractivity contribution is 7.99. The van der Waals surface area contributed by atoms with Crippen molar-refractivity contribution in [2.24, 2.45) is 28.6 Å². The average molecular weight is 858 g/mol. The molecule has 0 bridgehead atoms. The smallest absolute Gasteiger partial charge is 0.375 e. The summed E-state index contributed by atoms with van der Waals surface area (Å²) in [6.45, 7) is 8.57. The molecule has 324 valence electrons. The van der Waals surface area contributed by atoms with Crippen LogP contribution in [0.3, 0.4) is 0 Å². The third-order valence-electron chi connectivity index (χ3n) is 13.4. The summed E-state index contributed by atoms with van der Waals surface area (Å²) in [6, 6.07) is 3.12. The highest BCUT2D eigenvalue weighted by Gasteiger charge is 2.76. The lowest BCUT2D eigenvalue weighted by atomic mass is 9.45. The maximum Gasteiger partial charge on any atom is 0.375 e. The van der Waals surface area contributed by atoms with Crippen LogP contribution < -0.4 is 5.32 Å². The Labute approximate surface area is 357 Å². The van der Waals surface area contributed by atoms with Crippen molar-refractivity contribution in [3.05, 3.63) is 48.0 Å². The third-order valence-corrected chi connectivity index (χ3v) is 15.3. The molecule has 59 heavy (non-hydrogen) atoms. The number of allylic oxidation sites excluding steroid dienone is 4. The van der Waals surface area contributed by atoms with E-state index in [4.69, 9.17) is 39.7 Å². The van der Waals surface area contributed by atoms with Crippen LogP contribution in [0.2, 0.25) is 0 Å². The number of carbonyl (C=O) groups is 4. The number of aliphatic hydroxyl groups is 1. The van der Waals surface area contributed by atoms with Crippen LogP contribution in [0.4, 0.5) is 0 Å². The van der Waals surface area contributed by atoms with E-state index in [0.717, 1.165) is 37.7 Å². The van der Waals surface area contributed by atoms with E-state index in [2.05, 4.69) is 17.2 Å². The second-order valence-electron chi connectivity index (χ2n) is 16.9. The van der Waals surface area contributed by atoms with Gasteiger partial charge in [0.1, 0.15) is 12.7 Å². The summed E-state index contributed by atoms with van der Waals surface area (Å²) in [4.78, 5) is 51.6. The Hall–Kier alpha value is -2.96. The first-order chi connectivity index (χ1) is 28.4. The van der Waals surface area contributed by atoms with Gasteiger partial charge in [-0.2, -0.15) is 11.8 Å². The van der Waals surface area contributed by atoms with Crippen LogP contribution in [0, 0.1) is 40.4 Å². The van der Waals surface area contributed by atoms with Gasteiger partial charge in [-0.3, -0.25) is 14.4 Å². The number of carbonyl (C=O) groups excluding carboxylic acids is 4. The van der Waals surface area contributed by atoms with Gasteiger partial charge in [0.2, 0.25) is 11.7 Å². The van der Waals surface area contributed by atoms with Crippen LogP contribution in [-0.2, 0) is 38.1 Å². The van der Waals surface area contributed by atoms with Crippen LogP contribution >= 0.6 is 23.4 Å². The molecule has 2 N–H and O–H groups in total. The molecule has 3 saturated carbocycles. The number of amides is 1. The molecule has 0 radical (unpaired) electrons. The maximum absolute atomic E-state index is 14.7. The minimum atomic E-state index is -1.54. The lowest BCUT2D eigenvalue weighted by molar-refractivity contribution is -0.177.